The molecular formula is C6H10ClN3O2. The van der Waals surface area contributed by atoms with E-state index in [2.05, 4.69) is 5.10 Å². The zero-order valence-electron chi connectivity index (χ0n) is 6.47. The maximum Gasteiger partial charge on any atom is 0.326 e. The van der Waals surface area contributed by atoms with Gasteiger partial charge >= 0.3 is 5.97 Å². The minimum atomic E-state index is -1.07. The van der Waals surface area contributed by atoms with Crippen LogP contribution in [0.25, 0.3) is 0 Å². The Labute approximate surface area is 75.6 Å². The Kier molecular flexibility index (Phi) is 3.72. The van der Waals surface area contributed by atoms with Gasteiger partial charge in [-0.15, -0.1) is 12.4 Å². The van der Waals surface area contributed by atoms with Crippen molar-refractivity contribution in [1.29, 1.82) is 0 Å². The van der Waals surface area contributed by atoms with Crippen molar-refractivity contribution in [3.63, 3.8) is 0 Å². The molecule has 0 aromatic carbocycles. The Morgan fingerprint density at radius 2 is 2.42 bits per heavy atom. The first-order valence-corrected chi connectivity index (χ1v) is 3.09. The van der Waals surface area contributed by atoms with E-state index >= 15 is 0 Å². The largest absolute Gasteiger partial charge is 0.480 e. The molecule has 0 fully saturated rings. The number of rotatable bonds is 2. The van der Waals surface area contributed by atoms with Crippen LogP contribution in [0.4, 0.5) is 0 Å². The van der Waals surface area contributed by atoms with Crippen LogP contribution in [-0.4, -0.2) is 20.9 Å². The van der Waals surface area contributed by atoms with Gasteiger partial charge in [-0.3, -0.25) is 9.48 Å². The Hall–Kier alpha value is -1.07. The van der Waals surface area contributed by atoms with Crippen LogP contribution >= 0.6 is 12.4 Å². The van der Waals surface area contributed by atoms with Gasteiger partial charge in [0.2, 0.25) is 0 Å². The van der Waals surface area contributed by atoms with Gasteiger partial charge in [-0.2, -0.15) is 5.10 Å². The molecule has 1 heterocycles. The highest BCUT2D eigenvalue weighted by atomic mass is 35.5. The fourth-order valence-corrected chi connectivity index (χ4v) is 0.725. The lowest BCUT2D eigenvalue weighted by Crippen LogP contribution is -2.21. The number of hydrogen-bond acceptors (Lipinski definition) is 3. The van der Waals surface area contributed by atoms with Crippen LogP contribution in [-0.2, 0) is 11.8 Å². The Morgan fingerprint density at radius 3 is 2.75 bits per heavy atom. The van der Waals surface area contributed by atoms with Gasteiger partial charge in [0, 0.05) is 13.2 Å². The first kappa shape index (κ1) is 10.9. The van der Waals surface area contributed by atoms with Gasteiger partial charge in [0.1, 0.15) is 6.04 Å². The first-order chi connectivity index (χ1) is 5.11. The van der Waals surface area contributed by atoms with Crippen LogP contribution in [0, 0.1) is 0 Å². The van der Waals surface area contributed by atoms with Gasteiger partial charge in [-0.25, -0.2) is 0 Å². The van der Waals surface area contributed by atoms with Gasteiger partial charge in [0.15, 0.2) is 0 Å². The van der Waals surface area contributed by atoms with Crippen molar-refractivity contribution in [2.75, 3.05) is 0 Å². The monoisotopic (exact) mass is 191 g/mol. The average molecular weight is 192 g/mol. The minimum absolute atomic E-state index is 0. The van der Waals surface area contributed by atoms with Crippen molar-refractivity contribution in [3.8, 4) is 0 Å². The number of carboxylic acid groups (broad SMARTS) is 1. The van der Waals surface area contributed by atoms with Gasteiger partial charge in [-0.1, -0.05) is 0 Å². The van der Waals surface area contributed by atoms with E-state index in [0.29, 0.717) is 5.69 Å². The van der Waals surface area contributed by atoms with Crippen molar-refractivity contribution in [1.82, 2.24) is 9.78 Å². The molecule has 1 aromatic rings. The number of halogens is 1. The summed E-state index contributed by atoms with van der Waals surface area (Å²) in [5.74, 6) is -1.07. The molecular weight excluding hydrogens is 182 g/mol. The van der Waals surface area contributed by atoms with Crippen LogP contribution in [0.3, 0.4) is 0 Å². The Morgan fingerprint density at radius 1 is 1.83 bits per heavy atom. The fourth-order valence-electron chi connectivity index (χ4n) is 0.725. The molecule has 0 saturated carbocycles. The van der Waals surface area contributed by atoms with Crippen LogP contribution in [0.1, 0.15) is 11.7 Å². The van der Waals surface area contributed by atoms with Gasteiger partial charge in [0.05, 0.1) is 5.69 Å². The third-order valence-corrected chi connectivity index (χ3v) is 1.32. The quantitative estimate of drug-likeness (QED) is 0.686. The molecule has 68 valence electrons. The van der Waals surface area contributed by atoms with Crippen molar-refractivity contribution < 1.29 is 9.90 Å². The van der Waals surface area contributed by atoms with Crippen LogP contribution in [0.5, 0.6) is 0 Å². The lowest BCUT2D eigenvalue weighted by Gasteiger charge is -1.99. The second kappa shape index (κ2) is 4.08. The molecule has 1 rings (SSSR count). The van der Waals surface area contributed by atoms with E-state index in [9.17, 15) is 4.79 Å². The normalized spacial score (nSPS) is 11.8. The van der Waals surface area contributed by atoms with Crippen LogP contribution in [0.15, 0.2) is 12.3 Å². The molecule has 0 aliphatic rings. The number of carboxylic acids is 1. The molecule has 0 aliphatic heterocycles. The molecule has 1 aromatic heterocycles. The third kappa shape index (κ3) is 2.21. The van der Waals surface area contributed by atoms with E-state index in [4.69, 9.17) is 10.8 Å². The van der Waals surface area contributed by atoms with Crippen molar-refractivity contribution >= 4 is 18.4 Å². The molecule has 0 spiro atoms. The topological polar surface area (TPSA) is 81.1 Å². The second-order valence-corrected chi connectivity index (χ2v) is 2.23. The van der Waals surface area contributed by atoms with Gasteiger partial charge in [-0.05, 0) is 6.07 Å². The summed E-state index contributed by atoms with van der Waals surface area (Å²) in [5.41, 5.74) is 5.65. The summed E-state index contributed by atoms with van der Waals surface area (Å²) in [5, 5.41) is 12.3. The molecule has 12 heavy (non-hydrogen) atoms. The third-order valence-electron chi connectivity index (χ3n) is 1.32. The summed E-state index contributed by atoms with van der Waals surface area (Å²) in [7, 11) is 1.71. The number of nitrogens with two attached hydrogens (primary N) is 1. The molecule has 0 bridgehead atoms. The summed E-state index contributed by atoms with van der Waals surface area (Å²) in [6, 6.07) is 0.565. The summed E-state index contributed by atoms with van der Waals surface area (Å²) >= 11 is 0. The zero-order valence-corrected chi connectivity index (χ0v) is 7.28. The highest BCUT2D eigenvalue weighted by Crippen LogP contribution is 2.05. The molecule has 5 nitrogen and oxygen atoms in total. The highest BCUT2D eigenvalue weighted by Gasteiger charge is 2.15. The number of aromatic nitrogens is 2. The number of aryl methyl sites for hydroxylation is 1. The predicted molar refractivity (Wildman–Crippen MR) is 45.0 cm³/mol. The maximum absolute atomic E-state index is 10.3. The molecule has 0 radical (unpaired) electrons. The summed E-state index contributed by atoms with van der Waals surface area (Å²) in [6.45, 7) is 0. The summed E-state index contributed by atoms with van der Waals surface area (Å²) in [4.78, 5) is 10.3. The van der Waals surface area contributed by atoms with E-state index in [1.54, 1.807) is 19.3 Å². The zero-order chi connectivity index (χ0) is 8.43. The number of hydrogen-bond donors (Lipinski definition) is 2. The highest BCUT2D eigenvalue weighted by molar-refractivity contribution is 5.85. The second-order valence-electron chi connectivity index (χ2n) is 2.23. The standard InChI is InChI=1S/C6H9N3O2.ClH/c1-9-3-2-4(8-9)5(7)6(10)11;/h2-3,5H,7H2,1H3,(H,10,11);1H. The lowest BCUT2D eigenvalue weighted by atomic mass is 10.2. The molecule has 1 unspecified atom stereocenters. The lowest BCUT2D eigenvalue weighted by molar-refractivity contribution is -0.138. The summed E-state index contributed by atoms with van der Waals surface area (Å²) < 4.78 is 1.51. The van der Waals surface area contributed by atoms with Gasteiger partial charge < -0.3 is 10.8 Å². The predicted octanol–water partition coefficient (Wildman–Crippen LogP) is -0.0737. The molecule has 0 saturated heterocycles. The number of aliphatic carboxylic acids is 1. The molecule has 3 N–H and O–H groups in total. The van der Waals surface area contributed by atoms with Crippen molar-refractivity contribution in [3.05, 3.63) is 18.0 Å². The van der Waals surface area contributed by atoms with Crippen LogP contribution < -0.4 is 5.73 Å². The number of carbonyl (C=O) groups is 1. The Balaban J connectivity index is 0.00000121. The molecule has 0 aliphatic carbocycles. The van der Waals surface area contributed by atoms with Crippen molar-refractivity contribution in [2.24, 2.45) is 12.8 Å². The summed E-state index contributed by atoms with van der Waals surface area (Å²) in [6.07, 6.45) is 1.65. The molecule has 6 heteroatoms. The van der Waals surface area contributed by atoms with E-state index in [1.807, 2.05) is 0 Å². The average Bonchev–Trinajstić information content (AvgIpc) is 2.34. The Bertz CT molecular complexity index is 274. The van der Waals surface area contributed by atoms with E-state index in [-0.39, 0.29) is 12.4 Å². The number of nitrogens with zero attached hydrogens (tertiary/aromatic N) is 2. The molecule has 1 atom stereocenters. The SMILES string of the molecule is Cl.Cn1ccc(C(N)C(=O)O)n1. The van der Waals surface area contributed by atoms with Gasteiger partial charge in [0.25, 0.3) is 0 Å². The maximum atomic E-state index is 10.3. The minimum Gasteiger partial charge on any atom is -0.480 e. The van der Waals surface area contributed by atoms with E-state index in [1.165, 1.54) is 4.68 Å². The van der Waals surface area contributed by atoms with Crippen LogP contribution in [0.2, 0.25) is 0 Å². The van der Waals surface area contributed by atoms with Crippen molar-refractivity contribution in [2.45, 2.75) is 6.04 Å². The fraction of sp³-hybridized carbons (Fsp3) is 0.333. The smallest absolute Gasteiger partial charge is 0.326 e. The molecule has 0 amide bonds. The van der Waals surface area contributed by atoms with E-state index in [0.717, 1.165) is 0 Å². The van der Waals surface area contributed by atoms with E-state index < -0.39 is 12.0 Å². The first-order valence-electron chi connectivity index (χ1n) is 3.09.